The zero-order valence-electron chi connectivity index (χ0n) is 12.1. The minimum absolute atomic E-state index is 0.266. The molecule has 2 rings (SSSR count). The number of hydrogen-bond acceptors (Lipinski definition) is 3. The van der Waals surface area contributed by atoms with Crippen LogP contribution in [0.3, 0.4) is 0 Å². The first kappa shape index (κ1) is 14.0. The fourth-order valence-corrected chi connectivity index (χ4v) is 2.41. The fourth-order valence-electron chi connectivity index (χ4n) is 2.41. The Labute approximate surface area is 115 Å². The Morgan fingerprint density at radius 3 is 2.58 bits per heavy atom. The molecule has 0 aliphatic carbocycles. The average Bonchev–Trinajstić information content (AvgIpc) is 2.35. The number of hydrogen-bond donors (Lipinski definition) is 0. The third kappa shape index (κ3) is 3.34. The van der Waals surface area contributed by atoms with Crippen molar-refractivity contribution in [3.8, 4) is 6.07 Å². The van der Waals surface area contributed by atoms with Crippen molar-refractivity contribution in [3.05, 3.63) is 34.9 Å². The highest BCUT2D eigenvalue weighted by molar-refractivity contribution is 5.30. The van der Waals surface area contributed by atoms with E-state index in [2.05, 4.69) is 50.1 Å². The standard InChI is InChI=1S/C16H22N2O/c1-13-4-5-15(8-14(13)2)6-7-18(3)10-16(9-17)11-19-12-16/h4-5,8H,6-7,10-12H2,1-3H3. The molecule has 0 N–H and O–H groups in total. The lowest BCUT2D eigenvalue weighted by molar-refractivity contribution is -0.0886. The van der Waals surface area contributed by atoms with Crippen LogP contribution in [0.25, 0.3) is 0 Å². The quantitative estimate of drug-likeness (QED) is 0.813. The molecule has 0 spiro atoms. The van der Waals surface area contributed by atoms with E-state index < -0.39 is 0 Å². The number of likely N-dealkylation sites (N-methyl/N-ethyl adjacent to an activating group) is 1. The van der Waals surface area contributed by atoms with Gasteiger partial charge in [-0.15, -0.1) is 0 Å². The van der Waals surface area contributed by atoms with Crippen molar-refractivity contribution in [2.45, 2.75) is 20.3 Å². The molecule has 0 radical (unpaired) electrons. The van der Waals surface area contributed by atoms with Gasteiger partial charge in [0.25, 0.3) is 0 Å². The van der Waals surface area contributed by atoms with E-state index in [1.165, 1.54) is 16.7 Å². The summed E-state index contributed by atoms with van der Waals surface area (Å²) in [5.74, 6) is 0. The van der Waals surface area contributed by atoms with Gasteiger partial charge in [-0.05, 0) is 44.0 Å². The first-order valence-corrected chi connectivity index (χ1v) is 6.78. The molecule has 1 fully saturated rings. The lowest BCUT2D eigenvalue weighted by atomic mass is 9.87. The molecule has 3 heteroatoms. The molecule has 1 aromatic rings. The summed E-state index contributed by atoms with van der Waals surface area (Å²) in [4.78, 5) is 2.24. The molecule has 102 valence electrons. The van der Waals surface area contributed by atoms with E-state index in [1.807, 2.05) is 0 Å². The minimum atomic E-state index is -0.266. The highest BCUT2D eigenvalue weighted by Gasteiger charge is 2.39. The van der Waals surface area contributed by atoms with Crippen molar-refractivity contribution in [2.75, 3.05) is 33.4 Å². The molecular weight excluding hydrogens is 236 g/mol. The van der Waals surface area contributed by atoms with Gasteiger partial charge in [0.15, 0.2) is 0 Å². The van der Waals surface area contributed by atoms with Gasteiger partial charge < -0.3 is 9.64 Å². The van der Waals surface area contributed by atoms with E-state index in [0.29, 0.717) is 13.2 Å². The number of nitriles is 1. The Bertz CT molecular complexity index is 486. The minimum Gasteiger partial charge on any atom is -0.378 e. The number of rotatable bonds is 5. The number of ether oxygens (including phenoxy) is 1. The second-order valence-corrected chi connectivity index (χ2v) is 5.79. The van der Waals surface area contributed by atoms with Crippen LogP contribution in [0.4, 0.5) is 0 Å². The van der Waals surface area contributed by atoms with E-state index in [9.17, 15) is 5.26 Å². The van der Waals surface area contributed by atoms with Gasteiger partial charge in [-0.2, -0.15) is 5.26 Å². The van der Waals surface area contributed by atoms with Gasteiger partial charge in [-0.1, -0.05) is 18.2 Å². The molecule has 0 atom stereocenters. The Morgan fingerprint density at radius 1 is 1.32 bits per heavy atom. The number of aryl methyl sites for hydroxylation is 2. The van der Waals surface area contributed by atoms with Crippen molar-refractivity contribution < 1.29 is 4.74 Å². The molecule has 1 aromatic carbocycles. The molecule has 1 heterocycles. The van der Waals surface area contributed by atoms with E-state index in [0.717, 1.165) is 19.5 Å². The molecule has 0 unspecified atom stereocenters. The third-order valence-corrected chi connectivity index (χ3v) is 3.92. The second kappa shape index (κ2) is 5.73. The second-order valence-electron chi connectivity index (χ2n) is 5.79. The highest BCUT2D eigenvalue weighted by Crippen LogP contribution is 2.27. The smallest absolute Gasteiger partial charge is 0.116 e. The summed E-state index contributed by atoms with van der Waals surface area (Å²) in [6.45, 7) is 7.23. The first-order valence-electron chi connectivity index (χ1n) is 6.78. The molecule has 3 nitrogen and oxygen atoms in total. The van der Waals surface area contributed by atoms with Crippen LogP contribution in [0.5, 0.6) is 0 Å². The van der Waals surface area contributed by atoms with E-state index in [4.69, 9.17) is 4.74 Å². The lowest BCUT2D eigenvalue weighted by Gasteiger charge is -2.38. The van der Waals surface area contributed by atoms with Gasteiger partial charge >= 0.3 is 0 Å². The van der Waals surface area contributed by atoms with Crippen molar-refractivity contribution in [1.82, 2.24) is 4.90 Å². The van der Waals surface area contributed by atoms with Crippen LogP contribution in [0.15, 0.2) is 18.2 Å². The van der Waals surface area contributed by atoms with Crippen LogP contribution in [-0.4, -0.2) is 38.3 Å². The molecular formula is C16H22N2O. The molecule has 0 amide bonds. The summed E-state index contributed by atoms with van der Waals surface area (Å²) in [6, 6.07) is 9.03. The fraction of sp³-hybridized carbons (Fsp3) is 0.562. The third-order valence-electron chi connectivity index (χ3n) is 3.92. The van der Waals surface area contributed by atoms with Crippen molar-refractivity contribution in [3.63, 3.8) is 0 Å². The maximum Gasteiger partial charge on any atom is 0.116 e. The van der Waals surface area contributed by atoms with E-state index in [1.54, 1.807) is 0 Å². The monoisotopic (exact) mass is 258 g/mol. The topological polar surface area (TPSA) is 36.3 Å². The van der Waals surface area contributed by atoms with Crippen LogP contribution in [0.2, 0.25) is 0 Å². The van der Waals surface area contributed by atoms with Gasteiger partial charge in [0.05, 0.1) is 19.3 Å². The van der Waals surface area contributed by atoms with Gasteiger partial charge in [0, 0.05) is 13.1 Å². The van der Waals surface area contributed by atoms with E-state index >= 15 is 0 Å². The highest BCUT2D eigenvalue weighted by atomic mass is 16.5. The predicted octanol–water partition coefficient (Wildman–Crippen LogP) is 2.32. The van der Waals surface area contributed by atoms with Gasteiger partial charge in [-0.25, -0.2) is 0 Å². The summed E-state index contributed by atoms with van der Waals surface area (Å²) in [7, 11) is 2.08. The average molecular weight is 258 g/mol. The molecule has 0 saturated carbocycles. The maximum absolute atomic E-state index is 9.18. The normalized spacial score (nSPS) is 17.0. The molecule has 1 saturated heterocycles. The van der Waals surface area contributed by atoms with Crippen LogP contribution in [-0.2, 0) is 11.2 Å². The Morgan fingerprint density at radius 2 is 2.05 bits per heavy atom. The summed E-state index contributed by atoms with van der Waals surface area (Å²) < 4.78 is 5.17. The number of nitrogens with zero attached hydrogens (tertiary/aromatic N) is 2. The van der Waals surface area contributed by atoms with Crippen LogP contribution in [0, 0.1) is 30.6 Å². The SMILES string of the molecule is Cc1ccc(CCN(C)CC2(C#N)COC2)cc1C. The Balaban J connectivity index is 1.85. The molecule has 0 aromatic heterocycles. The molecule has 1 aliphatic heterocycles. The number of benzene rings is 1. The van der Waals surface area contributed by atoms with Gasteiger partial charge in [-0.3, -0.25) is 0 Å². The maximum atomic E-state index is 9.18. The predicted molar refractivity (Wildman–Crippen MR) is 76.0 cm³/mol. The lowest BCUT2D eigenvalue weighted by Crippen LogP contribution is -2.49. The summed E-state index contributed by atoms with van der Waals surface area (Å²) >= 11 is 0. The Hall–Kier alpha value is -1.37. The van der Waals surface area contributed by atoms with Crippen LogP contribution in [0.1, 0.15) is 16.7 Å². The summed E-state index contributed by atoms with van der Waals surface area (Å²) in [5.41, 5.74) is 3.79. The molecule has 0 bridgehead atoms. The van der Waals surface area contributed by atoms with E-state index in [-0.39, 0.29) is 5.41 Å². The zero-order chi connectivity index (χ0) is 13.9. The zero-order valence-corrected chi connectivity index (χ0v) is 12.1. The molecule has 19 heavy (non-hydrogen) atoms. The van der Waals surface area contributed by atoms with Gasteiger partial charge in [0.2, 0.25) is 0 Å². The summed E-state index contributed by atoms with van der Waals surface area (Å²) in [6.07, 6.45) is 1.03. The first-order chi connectivity index (χ1) is 9.04. The van der Waals surface area contributed by atoms with Crippen molar-refractivity contribution in [1.29, 1.82) is 5.26 Å². The summed E-state index contributed by atoms with van der Waals surface area (Å²) in [5, 5.41) is 9.18. The Kier molecular flexibility index (Phi) is 4.24. The van der Waals surface area contributed by atoms with Crippen LogP contribution >= 0.6 is 0 Å². The van der Waals surface area contributed by atoms with Crippen molar-refractivity contribution >= 4 is 0 Å². The van der Waals surface area contributed by atoms with Crippen molar-refractivity contribution in [2.24, 2.45) is 5.41 Å². The van der Waals surface area contributed by atoms with Gasteiger partial charge in [0.1, 0.15) is 5.41 Å². The largest absolute Gasteiger partial charge is 0.378 e. The molecule has 1 aliphatic rings. The van der Waals surface area contributed by atoms with Crippen LogP contribution < -0.4 is 0 Å².